The van der Waals surface area contributed by atoms with Crippen molar-refractivity contribution in [1.82, 2.24) is 0 Å². The number of quaternary nitrogens is 1. The SMILES string of the molecule is [O-][NH+]1C=CC=CC1=S.[Zn]. The van der Waals surface area contributed by atoms with Crippen LogP contribution in [0.5, 0.6) is 0 Å². The van der Waals surface area contributed by atoms with Gasteiger partial charge in [0.25, 0.3) is 0 Å². The third-order valence-electron chi connectivity index (χ3n) is 0.849. The van der Waals surface area contributed by atoms with Gasteiger partial charge in [-0.05, 0) is 18.3 Å². The summed E-state index contributed by atoms with van der Waals surface area (Å²) in [6.45, 7) is 0. The molecule has 4 heteroatoms. The van der Waals surface area contributed by atoms with Crippen molar-refractivity contribution in [3.63, 3.8) is 0 Å². The van der Waals surface area contributed by atoms with Crippen molar-refractivity contribution >= 4 is 17.2 Å². The molecule has 1 aliphatic heterocycles. The van der Waals surface area contributed by atoms with Gasteiger partial charge in [0.05, 0.1) is 6.20 Å². The second-order valence-electron chi connectivity index (χ2n) is 1.45. The van der Waals surface area contributed by atoms with E-state index in [1.807, 2.05) is 0 Å². The van der Waals surface area contributed by atoms with Crippen molar-refractivity contribution in [3.05, 3.63) is 29.6 Å². The average molecular weight is 193 g/mol. The van der Waals surface area contributed by atoms with Gasteiger partial charge in [-0.25, -0.2) is 0 Å². The summed E-state index contributed by atoms with van der Waals surface area (Å²) in [6.07, 6.45) is 6.52. The second kappa shape index (κ2) is 4.01. The molecule has 1 heterocycles. The molecule has 2 nitrogen and oxygen atoms in total. The Balaban J connectivity index is 0.000000640. The van der Waals surface area contributed by atoms with Crippen LogP contribution in [-0.2, 0) is 19.5 Å². The molecule has 0 saturated carbocycles. The van der Waals surface area contributed by atoms with Gasteiger partial charge in [-0.1, -0.05) is 6.08 Å². The van der Waals surface area contributed by atoms with Crippen LogP contribution in [0.2, 0.25) is 0 Å². The van der Waals surface area contributed by atoms with Gasteiger partial charge in [-0.15, -0.1) is 0 Å². The summed E-state index contributed by atoms with van der Waals surface area (Å²) in [5, 5.41) is 10.4. The fourth-order valence-electron chi connectivity index (χ4n) is 0.450. The first-order valence-electron chi connectivity index (χ1n) is 2.24. The number of hydroxylamine groups is 2. The molecule has 0 amide bonds. The van der Waals surface area contributed by atoms with Gasteiger partial charge in [0.1, 0.15) is 0 Å². The summed E-state index contributed by atoms with van der Waals surface area (Å²) < 4.78 is 0. The molecule has 0 fully saturated rings. The standard InChI is InChI=1S/C5H5NOS.Zn/c7-6-4-2-1-3-5(6)8;/h1-4,6H;. The molecule has 44 valence electrons. The van der Waals surface area contributed by atoms with Crippen molar-refractivity contribution in [2.24, 2.45) is 0 Å². The summed E-state index contributed by atoms with van der Waals surface area (Å²) in [6, 6.07) is 0. The van der Waals surface area contributed by atoms with Crippen molar-refractivity contribution in [1.29, 1.82) is 0 Å². The van der Waals surface area contributed by atoms with Crippen LogP contribution in [0.15, 0.2) is 24.4 Å². The maximum Gasteiger partial charge on any atom is 0.201 e. The maximum absolute atomic E-state index is 10.5. The molecule has 0 aromatic heterocycles. The maximum atomic E-state index is 10.5. The Hall–Kier alpha value is 0.113. The molecule has 9 heavy (non-hydrogen) atoms. The fourth-order valence-corrected chi connectivity index (χ4v) is 0.597. The largest absolute Gasteiger partial charge is 0.623 e. The molecule has 1 N–H and O–H groups in total. The molecule has 0 radical (unpaired) electrons. The zero-order valence-electron chi connectivity index (χ0n) is 4.83. The molecule has 0 bridgehead atoms. The van der Waals surface area contributed by atoms with Crippen LogP contribution >= 0.6 is 12.2 Å². The van der Waals surface area contributed by atoms with E-state index in [1.165, 1.54) is 6.20 Å². The van der Waals surface area contributed by atoms with Crippen molar-refractivity contribution in [2.45, 2.75) is 0 Å². The number of hydrogen-bond acceptors (Lipinski definition) is 2. The molecular formula is C5H5NOSZn. The van der Waals surface area contributed by atoms with Gasteiger partial charge in [0, 0.05) is 25.6 Å². The predicted octanol–water partition coefficient (Wildman–Crippen LogP) is -0.222. The van der Waals surface area contributed by atoms with E-state index in [0.29, 0.717) is 4.99 Å². The van der Waals surface area contributed by atoms with E-state index in [1.54, 1.807) is 18.2 Å². The van der Waals surface area contributed by atoms with Crippen LogP contribution in [0.25, 0.3) is 0 Å². The quantitative estimate of drug-likeness (QED) is 0.326. The third kappa shape index (κ3) is 2.46. The monoisotopic (exact) mass is 191 g/mol. The molecular weight excluding hydrogens is 188 g/mol. The molecule has 0 aliphatic carbocycles. The second-order valence-corrected chi connectivity index (χ2v) is 1.89. The van der Waals surface area contributed by atoms with E-state index in [4.69, 9.17) is 0 Å². The van der Waals surface area contributed by atoms with Gasteiger partial charge in [-0.3, -0.25) is 0 Å². The Morgan fingerprint density at radius 1 is 1.44 bits per heavy atom. The smallest absolute Gasteiger partial charge is 0.201 e. The van der Waals surface area contributed by atoms with Crippen molar-refractivity contribution in [2.75, 3.05) is 0 Å². The topological polar surface area (TPSA) is 27.5 Å². The predicted molar refractivity (Wildman–Crippen MR) is 35.2 cm³/mol. The Bertz CT molecular complexity index is 166. The van der Waals surface area contributed by atoms with Gasteiger partial charge in [0.15, 0.2) is 0 Å². The first-order valence-corrected chi connectivity index (χ1v) is 2.64. The summed E-state index contributed by atoms with van der Waals surface area (Å²) >= 11 is 4.64. The molecule has 1 rings (SSSR count). The van der Waals surface area contributed by atoms with Crippen LogP contribution in [0.1, 0.15) is 0 Å². The van der Waals surface area contributed by atoms with Gasteiger partial charge in [0.2, 0.25) is 4.99 Å². The minimum Gasteiger partial charge on any atom is -0.623 e. The zero-order chi connectivity index (χ0) is 5.98. The third-order valence-corrected chi connectivity index (χ3v) is 1.19. The summed E-state index contributed by atoms with van der Waals surface area (Å²) in [7, 11) is 0. The Morgan fingerprint density at radius 3 is 2.44 bits per heavy atom. The molecule has 1 unspecified atom stereocenters. The first kappa shape index (κ1) is 9.11. The van der Waals surface area contributed by atoms with E-state index in [-0.39, 0.29) is 24.5 Å². The Kier molecular flexibility index (Phi) is 4.06. The van der Waals surface area contributed by atoms with Crippen LogP contribution in [0, 0.1) is 5.21 Å². The van der Waals surface area contributed by atoms with Gasteiger partial charge >= 0.3 is 0 Å². The number of thiocarbonyl (C=S) groups is 1. The molecule has 0 aromatic carbocycles. The van der Waals surface area contributed by atoms with E-state index in [0.717, 1.165) is 0 Å². The minimum absolute atomic E-state index is 0. The van der Waals surface area contributed by atoms with Crippen LogP contribution in [-0.4, -0.2) is 4.99 Å². The zero-order valence-corrected chi connectivity index (χ0v) is 8.62. The van der Waals surface area contributed by atoms with Crippen molar-refractivity contribution in [3.8, 4) is 0 Å². The van der Waals surface area contributed by atoms with E-state index in [9.17, 15) is 5.21 Å². The average Bonchev–Trinajstić information content (AvgIpc) is 1.77. The van der Waals surface area contributed by atoms with Crippen LogP contribution in [0.3, 0.4) is 0 Å². The minimum atomic E-state index is -0.0671. The number of allylic oxidation sites excluding steroid dienone is 2. The summed E-state index contributed by atoms with van der Waals surface area (Å²) in [5.74, 6) is 0. The fraction of sp³-hybridized carbons (Fsp3) is 0. The number of hydrogen-bond donors (Lipinski definition) is 1. The van der Waals surface area contributed by atoms with Crippen LogP contribution < -0.4 is 5.06 Å². The van der Waals surface area contributed by atoms with Crippen LogP contribution in [0.4, 0.5) is 0 Å². The summed E-state index contributed by atoms with van der Waals surface area (Å²) in [4.78, 5) is 0.396. The molecule has 1 aliphatic rings. The number of rotatable bonds is 0. The summed E-state index contributed by atoms with van der Waals surface area (Å²) in [5.41, 5.74) is 0. The molecule has 0 saturated heterocycles. The molecule has 0 spiro atoms. The van der Waals surface area contributed by atoms with Gasteiger partial charge < -0.3 is 10.3 Å². The normalized spacial score (nSPS) is 23.7. The molecule has 1 atom stereocenters. The first-order chi connectivity index (χ1) is 3.80. The molecule has 0 aromatic rings. The van der Waals surface area contributed by atoms with E-state index in [2.05, 4.69) is 12.2 Å². The Morgan fingerprint density at radius 2 is 2.11 bits per heavy atom. The van der Waals surface area contributed by atoms with E-state index >= 15 is 0 Å². The van der Waals surface area contributed by atoms with Gasteiger partial charge in [-0.2, -0.15) is 0 Å². The Labute approximate surface area is 71.6 Å². The van der Waals surface area contributed by atoms with Crippen molar-refractivity contribution < 1.29 is 24.5 Å². The van der Waals surface area contributed by atoms with E-state index < -0.39 is 0 Å². The number of nitrogens with one attached hydrogen (secondary N) is 1.